The Hall–Kier alpha value is -2.00. The fraction of sp³-hybridized carbons (Fsp3) is 0.294. The first-order valence-electron chi connectivity index (χ1n) is 6.73. The van der Waals surface area contributed by atoms with Crippen molar-refractivity contribution in [3.05, 3.63) is 53.6 Å². The molecule has 0 aliphatic rings. The van der Waals surface area contributed by atoms with Crippen LogP contribution in [0.25, 0.3) is 0 Å². The number of nitrogens with one attached hydrogen (secondary N) is 1. The van der Waals surface area contributed by atoms with E-state index in [9.17, 15) is 0 Å². The molecule has 0 aliphatic carbocycles. The van der Waals surface area contributed by atoms with Crippen LogP contribution in [0.2, 0.25) is 0 Å². The molecule has 0 saturated heterocycles. The normalized spacial score (nSPS) is 12.0. The number of benzene rings is 2. The van der Waals surface area contributed by atoms with Gasteiger partial charge in [0.25, 0.3) is 0 Å². The van der Waals surface area contributed by atoms with Gasteiger partial charge in [-0.05, 0) is 56.3 Å². The van der Waals surface area contributed by atoms with Crippen molar-refractivity contribution in [1.82, 2.24) is 5.32 Å². The lowest BCUT2D eigenvalue weighted by molar-refractivity contribution is 0.378. The van der Waals surface area contributed by atoms with E-state index >= 15 is 0 Å². The maximum Gasteiger partial charge on any atom is 0.169 e. The predicted molar refractivity (Wildman–Crippen MR) is 81.7 cm³/mol. The third-order valence-corrected chi connectivity index (χ3v) is 3.36. The lowest BCUT2D eigenvalue weighted by Crippen LogP contribution is -2.11. The Bertz CT molecular complexity index is 564. The van der Waals surface area contributed by atoms with Gasteiger partial charge < -0.3 is 14.8 Å². The summed E-state index contributed by atoms with van der Waals surface area (Å²) in [7, 11) is 3.60. The van der Waals surface area contributed by atoms with Crippen molar-refractivity contribution in [2.24, 2.45) is 0 Å². The van der Waals surface area contributed by atoms with Gasteiger partial charge in [-0.3, -0.25) is 0 Å². The van der Waals surface area contributed by atoms with E-state index < -0.39 is 0 Å². The summed E-state index contributed by atoms with van der Waals surface area (Å²) in [6.07, 6.45) is 0. The molecule has 1 atom stereocenters. The highest BCUT2D eigenvalue weighted by Crippen LogP contribution is 2.32. The molecule has 0 heterocycles. The van der Waals surface area contributed by atoms with Crippen LogP contribution >= 0.6 is 0 Å². The molecule has 0 amide bonds. The van der Waals surface area contributed by atoms with E-state index in [-0.39, 0.29) is 0 Å². The van der Waals surface area contributed by atoms with Gasteiger partial charge in [-0.1, -0.05) is 18.2 Å². The maximum absolute atomic E-state index is 5.88. The molecular weight excluding hydrogens is 250 g/mol. The van der Waals surface area contributed by atoms with E-state index in [2.05, 4.69) is 24.4 Å². The van der Waals surface area contributed by atoms with Crippen molar-refractivity contribution in [3.8, 4) is 17.2 Å². The first-order valence-corrected chi connectivity index (χ1v) is 6.73. The van der Waals surface area contributed by atoms with E-state index in [1.165, 1.54) is 5.56 Å². The number of ether oxygens (including phenoxy) is 2. The summed E-state index contributed by atoms with van der Waals surface area (Å²) in [6.45, 7) is 4.15. The van der Waals surface area contributed by atoms with Crippen LogP contribution in [0.3, 0.4) is 0 Å². The molecule has 2 aromatic carbocycles. The van der Waals surface area contributed by atoms with E-state index in [1.807, 2.05) is 44.3 Å². The molecule has 3 heteroatoms. The zero-order valence-electron chi connectivity index (χ0n) is 12.4. The van der Waals surface area contributed by atoms with Crippen LogP contribution in [0.4, 0.5) is 0 Å². The number of methoxy groups -OCH3 is 1. The summed E-state index contributed by atoms with van der Waals surface area (Å²) in [5.74, 6) is 2.28. The molecule has 0 aliphatic heterocycles. The van der Waals surface area contributed by atoms with E-state index in [1.54, 1.807) is 7.11 Å². The Balaban J connectivity index is 2.18. The predicted octanol–water partition coefficient (Wildman–Crippen LogP) is 4.08. The third-order valence-electron chi connectivity index (χ3n) is 3.36. The highest BCUT2D eigenvalue weighted by molar-refractivity contribution is 5.45. The largest absolute Gasteiger partial charge is 0.493 e. The Morgan fingerprint density at radius 2 is 1.70 bits per heavy atom. The maximum atomic E-state index is 5.88. The van der Waals surface area contributed by atoms with Crippen molar-refractivity contribution in [2.45, 2.75) is 19.9 Å². The molecule has 2 aromatic rings. The number of hydrogen-bond acceptors (Lipinski definition) is 3. The van der Waals surface area contributed by atoms with E-state index in [0.717, 1.165) is 22.8 Å². The van der Waals surface area contributed by atoms with Gasteiger partial charge in [0.2, 0.25) is 0 Å². The number of hydrogen-bond donors (Lipinski definition) is 1. The van der Waals surface area contributed by atoms with Crippen LogP contribution in [0, 0.1) is 6.92 Å². The molecule has 3 nitrogen and oxygen atoms in total. The standard InChI is InChI=1S/C17H21NO2/c1-12-5-10-16(17(11-12)19-4)20-15-8-6-14(7-9-15)13(2)18-3/h5-11,13,18H,1-4H3. The molecule has 0 radical (unpaired) electrons. The van der Waals surface area contributed by atoms with Crippen molar-refractivity contribution >= 4 is 0 Å². The molecule has 1 N–H and O–H groups in total. The number of aryl methyl sites for hydroxylation is 1. The van der Waals surface area contributed by atoms with Crippen LogP contribution in [0.15, 0.2) is 42.5 Å². The van der Waals surface area contributed by atoms with Crippen molar-refractivity contribution in [1.29, 1.82) is 0 Å². The zero-order chi connectivity index (χ0) is 14.5. The van der Waals surface area contributed by atoms with Crippen molar-refractivity contribution in [3.63, 3.8) is 0 Å². The lowest BCUT2D eigenvalue weighted by atomic mass is 10.1. The molecule has 0 aromatic heterocycles. The van der Waals surface area contributed by atoms with Gasteiger partial charge in [0.05, 0.1) is 7.11 Å². The van der Waals surface area contributed by atoms with Gasteiger partial charge in [-0.15, -0.1) is 0 Å². The Morgan fingerprint density at radius 3 is 2.30 bits per heavy atom. The summed E-state index contributed by atoms with van der Waals surface area (Å²) in [5.41, 5.74) is 2.38. The highest BCUT2D eigenvalue weighted by Gasteiger charge is 2.07. The Labute approximate surface area is 120 Å². The van der Waals surface area contributed by atoms with Gasteiger partial charge in [-0.25, -0.2) is 0 Å². The molecule has 0 saturated carbocycles. The Kier molecular flexibility index (Phi) is 4.64. The molecule has 20 heavy (non-hydrogen) atoms. The topological polar surface area (TPSA) is 30.5 Å². The summed E-state index contributed by atoms with van der Waals surface area (Å²) >= 11 is 0. The highest BCUT2D eigenvalue weighted by atomic mass is 16.5. The fourth-order valence-corrected chi connectivity index (χ4v) is 1.98. The van der Waals surface area contributed by atoms with Crippen molar-refractivity contribution in [2.75, 3.05) is 14.2 Å². The summed E-state index contributed by atoms with van der Waals surface area (Å²) in [4.78, 5) is 0. The quantitative estimate of drug-likeness (QED) is 0.889. The summed E-state index contributed by atoms with van der Waals surface area (Å²) in [5, 5.41) is 3.21. The van der Waals surface area contributed by atoms with E-state index in [4.69, 9.17) is 9.47 Å². The van der Waals surface area contributed by atoms with Gasteiger partial charge >= 0.3 is 0 Å². The van der Waals surface area contributed by atoms with Crippen LogP contribution < -0.4 is 14.8 Å². The molecule has 1 unspecified atom stereocenters. The van der Waals surface area contributed by atoms with Crippen LogP contribution in [0.1, 0.15) is 24.1 Å². The van der Waals surface area contributed by atoms with Gasteiger partial charge in [-0.2, -0.15) is 0 Å². The van der Waals surface area contributed by atoms with E-state index in [0.29, 0.717) is 6.04 Å². The Morgan fingerprint density at radius 1 is 1.00 bits per heavy atom. The minimum atomic E-state index is 0.331. The summed E-state index contributed by atoms with van der Waals surface area (Å²) < 4.78 is 11.2. The SMILES string of the molecule is CNC(C)c1ccc(Oc2ccc(C)cc2OC)cc1. The molecule has 106 valence electrons. The van der Waals surface area contributed by atoms with Crippen molar-refractivity contribution < 1.29 is 9.47 Å². The van der Waals surface area contributed by atoms with Gasteiger partial charge in [0, 0.05) is 6.04 Å². The second-order valence-corrected chi connectivity index (χ2v) is 4.84. The van der Waals surface area contributed by atoms with Gasteiger partial charge in [0.15, 0.2) is 11.5 Å². The second kappa shape index (κ2) is 6.44. The first kappa shape index (κ1) is 14.4. The third kappa shape index (κ3) is 3.31. The van der Waals surface area contributed by atoms with Crippen LogP contribution in [0.5, 0.6) is 17.2 Å². The fourth-order valence-electron chi connectivity index (χ4n) is 1.98. The van der Waals surface area contributed by atoms with Gasteiger partial charge in [0.1, 0.15) is 5.75 Å². The van der Waals surface area contributed by atoms with Crippen LogP contribution in [-0.2, 0) is 0 Å². The second-order valence-electron chi connectivity index (χ2n) is 4.84. The molecule has 0 bridgehead atoms. The lowest BCUT2D eigenvalue weighted by Gasteiger charge is -2.13. The average Bonchev–Trinajstić information content (AvgIpc) is 2.49. The summed E-state index contributed by atoms with van der Waals surface area (Å²) in [6, 6.07) is 14.3. The molecular formula is C17H21NO2. The number of rotatable bonds is 5. The molecule has 0 spiro atoms. The smallest absolute Gasteiger partial charge is 0.169 e. The average molecular weight is 271 g/mol. The zero-order valence-corrected chi connectivity index (χ0v) is 12.4. The molecule has 2 rings (SSSR count). The van der Waals surface area contributed by atoms with Crippen LogP contribution in [-0.4, -0.2) is 14.2 Å². The molecule has 0 fully saturated rings. The minimum Gasteiger partial charge on any atom is -0.493 e. The first-order chi connectivity index (χ1) is 9.63. The minimum absolute atomic E-state index is 0.331. The monoisotopic (exact) mass is 271 g/mol.